The first kappa shape index (κ1) is 14.0. The zero-order chi connectivity index (χ0) is 14.9. The van der Waals surface area contributed by atoms with Gasteiger partial charge in [-0.25, -0.2) is 8.78 Å². The predicted octanol–water partition coefficient (Wildman–Crippen LogP) is 3.10. The third kappa shape index (κ3) is 2.47. The Kier molecular flexibility index (Phi) is 3.70. The number of methoxy groups -OCH3 is 1. The van der Waals surface area contributed by atoms with Crippen LogP contribution in [0.15, 0.2) is 30.3 Å². The maximum absolute atomic E-state index is 13.7. The van der Waals surface area contributed by atoms with Crippen LogP contribution in [0.2, 0.25) is 0 Å². The summed E-state index contributed by atoms with van der Waals surface area (Å²) >= 11 is 0. The van der Waals surface area contributed by atoms with Gasteiger partial charge in [-0.1, -0.05) is 0 Å². The molecular weight excluding hydrogens is 264 g/mol. The molecule has 2 rings (SSSR count). The fraction of sp³-hybridized carbons (Fsp3) is 0.133. The van der Waals surface area contributed by atoms with Crippen molar-refractivity contribution in [2.45, 2.75) is 6.92 Å². The van der Waals surface area contributed by atoms with E-state index in [9.17, 15) is 13.6 Å². The van der Waals surface area contributed by atoms with Gasteiger partial charge in [0.05, 0.1) is 18.4 Å². The number of hydrogen-bond acceptors (Lipinski definition) is 3. The summed E-state index contributed by atoms with van der Waals surface area (Å²) in [5.41, 5.74) is 6.27. The van der Waals surface area contributed by atoms with Crippen molar-refractivity contribution < 1.29 is 18.3 Å². The number of ketones is 1. The average Bonchev–Trinajstić information content (AvgIpc) is 2.42. The van der Waals surface area contributed by atoms with Gasteiger partial charge in [0.25, 0.3) is 0 Å². The predicted molar refractivity (Wildman–Crippen MR) is 71.9 cm³/mol. The minimum atomic E-state index is -0.895. The molecule has 2 aromatic rings. The molecule has 0 saturated heterocycles. The molecule has 0 aromatic heterocycles. The van der Waals surface area contributed by atoms with Crippen LogP contribution in [-0.2, 0) is 0 Å². The van der Waals surface area contributed by atoms with Gasteiger partial charge >= 0.3 is 0 Å². The number of anilines is 1. The minimum Gasteiger partial charge on any atom is -0.495 e. The molecule has 0 bridgehead atoms. The monoisotopic (exact) mass is 277 g/mol. The number of carbonyl (C=O) groups excluding carboxylic acids is 1. The topological polar surface area (TPSA) is 52.3 Å². The van der Waals surface area contributed by atoms with E-state index in [0.29, 0.717) is 17.5 Å². The lowest BCUT2D eigenvalue weighted by atomic mass is 10.00. The summed E-state index contributed by atoms with van der Waals surface area (Å²) in [7, 11) is 1.42. The molecule has 0 radical (unpaired) electrons. The van der Waals surface area contributed by atoms with Crippen LogP contribution in [0.5, 0.6) is 5.75 Å². The van der Waals surface area contributed by atoms with Crippen LogP contribution in [-0.4, -0.2) is 12.9 Å². The number of nitrogens with two attached hydrogens (primary N) is 1. The Bertz CT molecular complexity index is 684. The number of benzene rings is 2. The number of hydrogen-bond donors (Lipinski definition) is 1. The van der Waals surface area contributed by atoms with E-state index in [-0.39, 0.29) is 16.7 Å². The summed E-state index contributed by atoms with van der Waals surface area (Å²) in [5, 5.41) is 0. The molecule has 5 heteroatoms. The average molecular weight is 277 g/mol. The van der Waals surface area contributed by atoms with E-state index in [1.807, 2.05) is 0 Å². The highest BCUT2D eigenvalue weighted by Gasteiger charge is 2.17. The minimum absolute atomic E-state index is 0.185. The molecule has 0 fully saturated rings. The zero-order valence-electron chi connectivity index (χ0n) is 11.0. The van der Waals surface area contributed by atoms with Gasteiger partial charge in [-0.15, -0.1) is 0 Å². The Balaban J connectivity index is 2.49. The Labute approximate surface area is 115 Å². The van der Waals surface area contributed by atoms with Crippen molar-refractivity contribution in [1.29, 1.82) is 0 Å². The highest BCUT2D eigenvalue weighted by Crippen LogP contribution is 2.25. The standard InChI is InChI=1S/C15H13F2NO2/c1-8-5-10(12(17)7-11(8)16)15(19)9-3-4-13(18)14(6-9)20-2/h3-7H,18H2,1-2H3. The smallest absolute Gasteiger partial charge is 0.196 e. The molecule has 0 unspecified atom stereocenters. The van der Waals surface area contributed by atoms with Crippen molar-refractivity contribution in [3.8, 4) is 5.75 Å². The second-order valence-corrected chi connectivity index (χ2v) is 4.37. The van der Waals surface area contributed by atoms with Crippen molar-refractivity contribution in [1.82, 2.24) is 0 Å². The van der Waals surface area contributed by atoms with Crippen LogP contribution in [0.3, 0.4) is 0 Å². The molecule has 20 heavy (non-hydrogen) atoms. The summed E-state index contributed by atoms with van der Waals surface area (Å²) in [5.74, 6) is -1.80. The number of aryl methyl sites for hydroxylation is 1. The summed E-state index contributed by atoms with van der Waals surface area (Å²) in [6.07, 6.45) is 0. The fourth-order valence-electron chi connectivity index (χ4n) is 1.84. The van der Waals surface area contributed by atoms with E-state index >= 15 is 0 Å². The molecule has 0 atom stereocenters. The van der Waals surface area contributed by atoms with Crippen LogP contribution in [0.25, 0.3) is 0 Å². The van der Waals surface area contributed by atoms with E-state index in [2.05, 4.69) is 0 Å². The van der Waals surface area contributed by atoms with Crippen LogP contribution < -0.4 is 10.5 Å². The molecule has 0 aliphatic heterocycles. The molecule has 0 heterocycles. The quantitative estimate of drug-likeness (QED) is 0.693. The van der Waals surface area contributed by atoms with Gasteiger partial charge in [-0.3, -0.25) is 4.79 Å². The van der Waals surface area contributed by atoms with Gasteiger partial charge in [0.2, 0.25) is 0 Å². The maximum Gasteiger partial charge on any atom is 0.196 e. The first-order valence-electron chi connectivity index (χ1n) is 5.88. The summed E-state index contributed by atoms with van der Waals surface area (Å²) < 4.78 is 31.9. The fourth-order valence-corrected chi connectivity index (χ4v) is 1.84. The van der Waals surface area contributed by atoms with Crippen LogP contribution in [0.4, 0.5) is 14.5 Å². The summed E-state index contributed by atoms with van der Waals surface area (Å²) in [6.45, 7) is 1.47. The number of ether oxygens (including phenoxy) is 1. The molecule has 2 aromatic carbocycles. The van der Waals surface area contributed by atoms with E-state index in [1.165, 1.54) is 38.3 Å². The second-order valence-electron chi connectivity index (χ2n) is 4.37. The maximum atomic E-state index is 13.7. The van der Waals surface area contributed by atoms with Crippen LogP contribution in [0, 0.1) is 18.6 Å². The Morgan fingerprint density at radius 2 is 1.85 bits per heavy atom. The normalized spacial score (nSPS) is 10.4. The lowest BCUT2D eigenvalue weighted by Crippen LogP contribution is -2.07. The third-order valence-electron chi connectivity index (χ3n) is 2.99. The molecule has 0 saturated carbocycles. The van der Waals surface area contributed by atoms with Gasteiger partial charge in [0, 0.05) is 11.6 Å². The molecular formula is C15H13F2NO2. The van der Waals surface area contributed by atoms with Gasteiger partial charge in [-0.2, -0.15) is 0 Å². The van der Waals surface area contributed by atoms with E-state index in [0.717, 1.165) is 0 Å². The van der Waals surface area contributed by atoms with E-state index in [4.69, 9.17) is 10.5 Å². The number of nitrogen functional groups attached to an aromatic ring is 1. The number of carbonyl (C=O) groups is 1. The van der Waals surface area contributed by atoms with Gasteiger partial charge in [0.1, 0.15) is 17.4 Å². The lowest BCUT2D eigenvalue weighted by molar-refractivity contribution is 0.103. The molecule has 3 nitrogen and oxygen atoms in total. The van der Waals surface area contributed by atoms with Gasteiger partial charge in [-0.05, 0) is 36.8 Å². The lowest BCUT2D eigenvalue weighted by Gasteiger charge is -2.08. The third-order valence-corrected chi connectivity index (χ3v) is 2.99. The van der Waals surface area contributed by atoms with Crippen LogP contribution >= 0.6 is 0 Å². The highest BCUT2D eigenvalue weighted by molar-refractivity contribution is 6.09. The summed E-state index contributed by atoms with van der Waals surface area (Å²) in [4.78, 5) is 12.3. The van der Waals surface area contributed by atoms with Crippen molar-refractivity contribution in [2.75, 3.05) is 12.8 Å². The molecule has 0 aliphatic carbocycles. The Hall–Kier alpha value is -2.43. The van der Waals surface area contributed by atoms with Gasteiger partial charge < -0.3 is 10.5 Å². The van der Waals surface area contributed by atoms with Crippen molar-refractivity contribution >= 4 is 11.5 Å². The Morgan fingerprint density at radius 3 is 2.50 bits per heavy atom. The van der Waals surface area contributed by atoms with Crippen molar-refractivity contribution in [3.63, 3.8) is 0 Å². The van der Waals surface area contributed by atoms with Crippen molar-refractivity contribution in [3.05, 3.63) is 58.7 Å². The first-order chi connectivity index (χ1) is 9.43. The zero-order valence-corrected chi connectivity index (χ0v) is 11.0. The molecule has 0 spiro atoms. The molecule has 104 valence electrons. The Morgan fingerprint density at radius 1 is 1.15 bits per heavy atom. The highest BCUT2D eigenvalue weighted by atomic mass is 19.1. The summed E-state index contributed by atoms with van der Waals surface area (Å²) in [6, 6.07) is 6.29. The SMILES string of the molecule is COc1cc(C(=O)c2cc(C)c(F)cc2F)ccc1N. The van der Waals surface area contributed by atoms with Crippen LogP contribution in [0.1, 0.15) is 21.5 Å². The van der Waals surface area contributed by atoms with Gasteiger partial charge in [0.15, 0.2) is 5.78 Å². The molecule has 0 aliphatic rings. The van der Waals surface area contributed by atoms with E-state index < -0.39 is 17.4 Å². The number of halogens is 2. The largest absolute Gasteiger partial charge is 0.495 e. The second kappa shape index (κ2) is 5.28. The first-order valence-corrected chi connectivity index (χ1v) is 5.88. The van der Waals surface area contributed by atoms with Crippen molar-refractivity contribution in [2.24, 2.45) is 0 Å². The number of rotatable bonds is 3. The molecule has 2 N–H and O–H groups in total. The molecule has 0 amide bonds. The van der Waals surface area contributed by atoms with E-state index in [1.54, 1.807) is 0 Å².